The monoisotopic (exact) mass is 364 g/mol. The quantitative estimate of drug-likeness (QED) is 0.724. The van der Waals surface area contributed by atoms with Gasteiger partial charge in [-0.2, -0.15) is 4.98 Å². The smallest absolute Gasteiger partial charge is 0.415 e. The number of aryl methyl sites for hydroxylation is 1. The number of oxazole rings is 1. The Morgan fingerprint density at radius 1 is 1.11 bits per heavy atom. The number of carbonyl (C=O) groups excluding carboxylic acids is 1. The maximum absolute atomic E-state index is 12.1. The van der Waals surface area contributed by atoms with E-state index in [-0.39, 0.29) is 30.0 Å². The third-order valence-electron chi connectivity index (χ3n) is 4.54. The number of carboxylic acid groups (broad SMARTS) is 1. The Balaban J connectivity index is 1.48. The second-order valence-corrected chi connectivity index (χ2v) is 6.19. The summed E-state index contributed by atoms with van der Waals surface area (Å²) < 4.78 is 10.4. The molecule has 1 amide bonds. The van der Waals surface area contributed by atoms with Gasteiger partial charge in [-0.3, -0.25) is 0 Å². The van der Waals surface area contributed by atoms with Gasteiger partial charge in [0, 0.05) is 5.92 Å². The van der Waals surface area contributed by atoms with Crippen molar-refractivity contribution in [2.75, 3.05) is 11.9 Å². The van der Waals surface area contributed by atoms with Gasteiger partial charge in [-0.15, -0.1) is 0 Å². The summed E-state index contributed by atoms with van der Waals surface area (Å²) >= 11 is 0. The zero-order valence-electron chi connectivity index (χ0n) is 14.4. The summed E-state index contributed by atoms with van der Waals surface area (Å²) in [6.45, 7) is 1.63. The van der Waals surface area contributed by atoms with Crippen molar-refractivity contribution < 1.29 is 23.8 Å². The molecule has 0 unspecified atom stereocenters. The summed E-state index contributed by atoms with van der Waals surface area (Å²) in [7, 11) is 0. The number of anilines is 1. The summed E-state index contributed by atoms with van der Waals surface area (Å²) in [5.41, 5.74) is 4.66. The summed E-state index contributed by atoms with van der Waals surface area (Å²) in [5, 5.41) is 11.3. The van der Waals surface area contributed by atoms with Crippen molar-refractivity contribution in [1.82, 2.24) is 4.98 Å². The summed E-state index contributed by atoms with van der Waals surface area (Å²) in [6, 6.07) is 15.8. The van der Waals surface area contributed by atoms with E-state index >= 15 is 0 Å². The Bertz CT molecular complexity index is 995. The lowest BCUT2D eigenvalue weighted by Crippen LogP contribution is -2.18. The first kappa shape index (κ1) is 16.8. The Morgan fingerprint density at radius 2 is 1.70 bits per heavy atom. The van der Waals surface area contributed by atoms with Crippen LogP contribution in [0.15, 0.2) is 52.9 Å². The third-order valence-corrected chi connectivity index (χ3v) is 4.54. The van der Waals surface area contributed by atoms with Gasteiger partial charge in [0.2, 0.25) is 5.76 Å². The third kappa shape index (κ3) is 3.03. The topological polar surface area (TPSA) is 102 Å². The normalized spacial score (nSPS) is 12.3. The van der Waals surface area contributed by atoms with Gasteiger partial charge in [-0.1, -0.05) is 48.5 Å². The van der Waals surface area contributed by atoms with Crippen molar-refractivity contribution in [2.24, 2.45) is 0 Å². The number of nitrogens with one attached hydrogen (secondary N) is 1. The van der Waals surface area contributed by atoms with Crippen LogP contribution in [-0.4, -0.2) is 28.8 Å². The molecule has 136 valence electrons. The molecule has 1 aliphatic carbocycles. The van der Waals surface area contributed by atoms with E-state index in [1.54, 1.807) is 0 Å². The van der Waals surface area contributed by atoms with Gasteiger partial charge in [-0.25, -0.2) is 14.9 Å². The van der Waals surface area contributed by atoms with Gasteiger partial charge >= 0.3 is 18.1 Å². The lowest BCUT2D eigenvalue weighted by atomic mass is 9.98. The van der Waals surface area contributed by atoms with Crippen LogP contribution in [0.5, 0.6) is 0 Å². The lowest BCUT2D eigenvalue weighted by molar-refractivity contribution is 0.0662. The van der Waals surface area contributed by atoms with Crippen molar-refractivity contribution in [3.63, 3.8) is 0 Å². The van der Waals surface area contributed by atoms with Crippen molar-refractivity contribution >= 4 is 18.1 Å². The van der Waals surface area contributed by atoms with Crippen LogP contribution in [-0.2, 0) is 4.74 Å². The molecule has 0 bridgehead atoms. The van der Waals surface area contributed by atoms with Gasteiger partial charge in [0.25, 0.3) is 0 Å². The summed E-state index contributed by atoms with van der Waals surface area (Å²) in [4.78, 5) is 26.9. The number of nitrogens with zero attached hydrogens (tertiary/aromatic N) is 1. The van der Waals surface area contributed by atoms with Gasteiger partial charge in [0.05, 0.1) is 5.69 Å². The van der Waals surface area contributed by atoms with Gasteiger partial charge < -0.3 is 14.3 Å². The molecule has 2 N–H and O–H groups in total. The highest BCUT2D eigenvalue weighted by atomic mass is 16.6. The first-order valence-corrected chi connectivity index (χ1v) is 8.37. The number of hydrogen-bond acceptors (Lipinski definition) is 5. The molecule has 0 fully saturated rings. The molecule has 1 aliphatic rings. The number of aromatic carboxylic acids is 1. The average Bonchev–Trinajstić information content (AvgIpc) is 3.18. The number of ether oxygens (including phenoxy) is 1. The van der Waals surface area contributed by atoms with E-state index in [1.807, 2.05) is 36.4 Å². The van der Waals surface area contributed by atoms with Crippen molar-refractivity contribution in [3.8, 4) is 11.1 Å². The lowest BCUT2D eigenvalue weighted by Gasteiger charge is -2.13. The molecule has 7 nitrogen and oxygen atoms in total. The fourth-order valence-corrected chi connectivity index (χ4v) is 3.37. The largest absolute Gasteiger partial charge is 0.475 e. The molecule has 7 heteroatoms. The first-order valence-electron chi connectivity index (χ1n) is 8.37. The van der Waals surface area contributed by atoms with Crippen LogP contribution >= 0.6 is 0 Å². The van der Waals surface area contributed by atoms with Gasteiger partial charge in [0.15, 0.2) is 0 Å². The zero-order valence-corrected chi connectivity index (χ0v) is 14.4. The van der Waals surface area contributed by atoms with E-state index in [4.69, 9.17) is 14.3 Å². The average molecular weight is 364 g/mol. The maximum atomic E-state index is 12.1. The van der Waals surface area contributed by atoms with Crippen molar-refractivity contribution in [3.05, 3.63) is 71.1 Å². The van der Waals surface area contributed by atoms with Crippen LogP contribution < -0.4 is 5.32 Å². The van der Waals surface area contributed by atoms with Crippen molar-refractivity contribution in [1.29, 1.82) is 0 Å². The summed E-state index contributed by atoms with van der Waals surface area (Å²) in [5.74, 6) is -1.63. The highest BCUT2D eigenvalue weighted by Gasteiger charge is 2.29. The minimum atomic E-state index is -1.25. The van der Waals surface area contributed by atoms with E-state index in [1.165, 1.54) is 6.92 Å². The predicted octanol–water partition coefficient (Wildman–Crippen LogP) is 4.04. The van der Waals surface area contributed by atoms with Crippen LogP contribution in [0.25, 0.3) is 11.1 Å². The maximum Gasteiger partial charge on any atom is 0.415 e. The number of carboxylic acids is 1. The molecular formula is C20H16N2O5. The zero-order chi connectivity index (χ0) is 19.0. The molecule has 0 atom stereocenters. The Hall–Kier alpha value is -3.61. The second-order valence-electron chi connectivity index (χ2n) is 6.19. The minimum Gasteiger partial charge on any atom is -0.475 e. The van der Waals surface area contributed by atoms with Crippen LogP contribution in [0.4, 0.5) is 10.8 Å². The molecule has 0 radical (unpaired) electrons. The number of rotatable bonds is 4. The van der Waals surface area contributed by atoms with Crippen LogP contribution in [0.3, 0.4) is 0 Å². The molecule has 27 heavy (non-hydrogen) atoms. The Morgan fingerprint density at radius 3 is 2.26 bits per heavy atom. The van der Waals surface area contributed by atoms with Crippen LogP contribution in [0.2, 0.25) is 0 Å². The second kappa shape index (κ2) is 6.60. The molecule has 3 aromatic rings. The molecule has 0 saturated carbocycles. The number of hydrogen-bond donors (Lipinski definition) is 2. The fourth-order valence-electron chi connectivity index (χ4n) is 3.37. The predicted molar refractivity (Wildman–Crippen MR) is 96.9 cm³/mol. The molecule has 4 rings (SSSR count). The van der Waals surface area contributed by atoms with Gasteiger partial charge in [-0.05, 0) is 29.2 Å². The molecular weight excluding hydrogens is 348 g/mol. The van der Waals surface area contributed by atoms with Gasteiger partial charge in [0.1, 0.15) is 6.61 Å². The van der Waals surface area contributed by atoms with E-state index in [0.717, 1.165) is 22.3 Å². The highest BCUT2D eigenvalue weighted by Crippen LogP contribution is 2.44. The molecule has 1 aromatic heterocycles. The van der Waals surface area contributed by atoms with E-state index in [9.17, 15) is 9.59 Å². The number of fused-ring (bicyclic) bond motifs is 3. The van der Waals surface area contributed by atoms with Crippen LogP contribution in [0.1, 0.15) is 33.3 Å². The molecule has 0 aliphatic heterocycles. The minimum absolute atomic E-state index is 0.0657. The first-order chi connectivity index (χ1) is 13.0. The number of carbonyl (C=O) groups is 2. The molecule has 1 heterocycles. The molecule has 0 saturated heterocycles. The summed E-state index contributed by atoms with van der Waals surface area (Å²) in [6.07, 6.45) is -0.755. The number of benzene rings is 2. The van der Waals surface area contributed by atoms with Crippen molar-refractivity contribution in [2.45, 2.75) is 12.8 Å². The molecule has 2 aromatic carbocycles. The van der Waals surface area contributed by atoms with E-state index in [0.29, 0.717) is 0 Å². The van der Waals surface area contributed by atoms with E-state index < -0.39 is 12.1 Å². The standard InChI is InChI=1S/C20H16N2O5/c1-11-17(18(23)24)27-19(21-11)22-20(25)26-10-16-14-8-4-2-6-12(14)13-7-3-5-9-15(13)16/h2-9,16H,10H2,1H3,(H,23,24)(H,21,22,25). The molecule has 0 spiro atoms. The fraction of sp³-hybridized carbons (Fsp3) is 0.150. The Kier molecular flexibility index (Phi) is 4.12. The SMILES string of the molecule is Cc1nc(NC(=O)OCC2c3ccccc3-c3ccccc32)oc1C(=O)O. The number of amides is 1. The Labute approximate surface area is 154 Å². The van der Waals surface area contributed by atoms with E-state index in [2.05, 4.69) is 22.4 Å². The number of aromatic nitrogens is 1. The van der Waals surface area contributed by atoms with Crippen LogP contribution in [0, 0.1) is 6.92 Å². The highest BCUT2D eigenvalue weighted by molar-refractivity contribution is 5.87.